The summed E-state index contributed by atoms with van der Waals surface area (Å²) in [5.74, 6) is -0.800. The lowest BCUT2D eigenvalue weighted by molar-refractivity contribution is -0.120. The molecule has 0 aliphatic rings. The molecular formula is C15H28N2O6. The van der Waals surface area contributed by atoms with Crippen molar-refractivity contribution in [2.75, 3.05) is 39.6 Å². The van der Waals surface area contributed by atoms with E-state index >= 15 is 0 Å². The Balaban J connectivity index is 4.23. The summed E-state index contributed by atoms with van der Waals surface area (Å²) < 4.78 is 16.4. The summed E-state index contributed by atoms with van der Waals surface area (Å²) in [5.41, 5.74) is 9.64. The van der Waals surface area contributed by atoms with Crippen molar-refractivity contribution in [3.8, 4) is 0 Å². The minimum Gasteiger partial charge on any atom is -0.380 e. The van der Waals surface area contributed by atoms with Gasteiger partial charge < -0.3 is 25.7 Å². The van der Waals surface area contributed by atoms with Crippen molar-refractivity contribution in [1.29, 1.82) is 0 Å². The van der Waals surface area contributed by atoms with Gasteiger partial charge in [-0.3, -0.25) is 14.4 Å². The summed E-state index contributed by atoms with van der Waals surface area (Å²) in [6.07, 6.45) is 0.634. The number of nitrogens with two attached hydrogens (primary N) is 2. The van der Waals surface area contributed by atoms with Gasteiger partial charge in [0.1, 0.15) is 5.78 Å². The molecule has 0 saturated carbocycles. The fourth-order valence-corrected chi connectivity index (χ4v) is 1.64. The van der Waals surface area contributed by atoms with E-state index in [0.717, 1.165) is 0 Å². The molecular weight excluding hydrogens is 304 g/mol. The molecule has 8 nitrogen and oxygen atoms in total. The average molecular weight is 332 g/mol. The fourth-order valence-electron chi connectivity index (χ4n) is 1.64. The standard InChI is InChI=1S/C15H28N2O6/c1-12(18)3-6-21-9-15(2,10-22-7-4-13(16)19)11-23-8-5-14(17)20/h3-11H2,1-2H3,(H2,16,19)(H2,17,20). The van der Waals surface area contributed by atoms with E-state index in [-0.39, 0.29) is 31.8 Å². The van der Waals surface area contributed by atoms with Crippen LogP contribution in [-0.2, 0) is 28.6 Å². The second-order valence-electron chi connectivity index (χ2n) is 5.85. The highest BCUT2D eigenvalue weighted by Crippen LogP contribution is 2.19. The zero-order valence-electron chi connectivity index (χ0n) is 14.0. The first-order valence-electron chi connectivity index (χ1n) is 7.54. The first kappa shape index (κ1) is 21.5. The third-order valence-electron chi connectivity index (χ3n) is 2.94. The highest BCUT2D eigenvalue weighted by atomic mass is 16.5. The lowest BCUT2D eigenvalue weighted by Gasteiger charge is -2.29. The van der Waals surface area contributed by atoms with E-state index in [1.54, 1.807) is 0 Å². The van der Waals surface area contributed by atoms with Gasteiger partial charge in [0.05, 0.1) is 39.6 Å². The zero-order valence-corrected chi connectivity index (χ0v) is 14.0. The van der Waals surface area contributed by atoms with Crippen LogP contribution in [0.3, 0.4) is 0 Å². The maximum absolute atomic E-state index is 10.9. The second kappa shape index (κ2) is 12.0. The van der Waals surface area contributed by atoms with E-state index in [1.807, 2.05) is 6.92 Å². The van der Waals surface area contributed by atoms with Crippen molar-refractivity contribution in [3.63, 3.8) is 0 Å². The number of carbonyl (C=O) groups excluding carboxylic acids is 3. The number of Topliss-reactive ketones (excluding diaryl/α,β-unsaturated/α-hetero) is 1. The first-order valence-corrected chi connectivity index (χ1v) is 7.54. The number of primary amides is 2. The summed E-state index contributed by atoms with van der Waals surface area (Å²) in [6, 6.07) is 0. The number of carbonyl (C=O) groups is 3. The van der Waals surface area contributed by atoms with E-state index < -0.39 is 17.2 Å². The van der Waals surface area contributed by atoms with Crippen molar-refractivity contribution in [2.45, 2.75) is 33.1 Å². The Hall–Kier alpha value is -1.51. The van der Waals surface area contributed by atoms with Gasteiger partial charge in [0.15, 0.2) is 0 Å². The van der Waals surface area contributed by atoms with Crippen LogP contribution in [0, 0.1) is 5.41 Å². The van der Waals surface area contributed by atoms with Gasteiger partial charge in [-0.05, 0) is 6.92 Å². The van der Waals surface area contributed by atoms with Crippen LogP contribution in [0.5, 0.6) is 0 Å². The lowest BCUT2D eigenvalue weighted by atomic mass is 9.94. The van der Waals surface area contributed by atoms with Crippen LogP contribution in [0.4, 0.5) is 0 Å². The summed E-state index contributed by atoms with van der Waals surface area (Å²) in [4.78, 5) is 32.3. The van der Waals surface area contributed by atoms with Crippen LogP contribution < -0.4 is 11.5 Å². The number of amides is 2. The van der Waals surface area contributed by atoms with Crippen molar-refractivity contribution in [3.05, 3.63) is 0 Å². The highest BCUT2D eigenvalue weighted by molar-refractivity contribution is 5.75. The van der Waals surface area contributed by atoms with Gasteiger partial charge in [0.25, 0.3) is 0 Å². The second-order valence-corrected chi connectivity index (χ2v) is 5.85. The molecule has 0 fully saturated rings. The quantitative estimate of drug-likeness (QED) is 0.398. The minimum atomic E-state index is -0.466. The predicted molar refractivity (Wildman–Crippen MR) is 83.5 cm³/mol. The van der Waals surface area contributed by atoms with E-state index in [0.29, 0.717) is 32.8 Å². The molecule has 134 valence electrons. The zero-order chi connectivity index (χ0) is 17.7. The molecule has 0 bridgehead atoms. The topological polar surface area (TPSA) is 131 Å². The number of hydrogen-bond donors (Lipinski definition) is 2. The fraction of sp³-hybridized carbons (Fsp3) is 0.800. The van der Waals surface area contributed by atoms with Crippen molar-refractivity contribution < 1.29 is 28.6 Å². The molecule has 0 aliphatic carbocycles. The summed E-state index contributed by atoms with van der Waals surface area (Å²) in [7, 11) is 0. The predicted octanol–water partition coefficient (Wildman–Crippen LogP) is -0.228. The van der Waals surface area contributed by atoms with E-state index in [1.165, 1.54) is 6.92 Å². The smallest absolute Gasteiger partial charge is 0.219 e. The molecule has 23 heavy (non-hydrogen) atoms. The number of rotatable bonds is 15. The molecule has 0 atom stereocenters. The summed E-state index contributed by atoms with van der Waals surface area (Å²) in [5, 5.41) is 0. The van der Waals surface area contributed by atoms with Gasteiger partial charge >= 0.3 is 0 Å². The van der Waals surface area contributed by atoms with Crippen LogP contribution in [0.25, 0.3) is 0 Å². The largest absolute Gasteiger partial charge is 0.380 e. The molecule has 0 radical (unpaired) electrons. The van der Waals surface area contributed by atoms with Crippen molar-refractivity contribution >= 4 is 17.6 Å². The van der Waals surface area contributed by atoms with Gasteiger partial charge in [0, 0.05) is 24.7 Å². The van der Waals surface area contributed by atoms with Gasteiger partial charge in [-0.2, -0.15) is 0 Å². The Morgan fingerprint density at radius 2 is 1.13 bits per heavy atom. The maximum atomic E-state index is 10.9. The van der Waals surface area contributed by atoms with Crippen LogP contribution in [0.1, 0.15) is 33.1 Å². The van der Waals surface area contributed by atoms with Gasteiger partial charge in [-0.1, -0.05) is 6.92 Å². The van der Waals surface area contributed by atoms with Crippen LogP contribution in [0.2, 0.25) is 0 Å². The first-order chi connectivity index (χ1) is 10.7. The molecule has 0 unspecified atom stereocenters. The Labute approximate surface area is 136 Å². The molecule has 0 aromatic carbocycles. The van der Waals surface area contributed by atoms with E-state index in [9.17, 15) is 14.4 Å². The van der Waals surface area contributed by atoms with Crippen LogP contribution in [0.15, 0.2) is 0 Å². The Kier molecular flexibility index (Phi) is 11.2. The Bertz CT molecular complexity index is 331. The average Bonchev–Trinajstić information content (AvgIpc) is 2.44. The normalized spacial score (nSPS) is 11.4. The lowest BCUT2D eigenvalue weighted by Crippen LogP contribution is -2.35. The molecule has 4 N–H and O–H groups in total. The van der Waals surface area contributed by atoms with E-state index in [4.69, 9.17) is 25.7 Å². The number of hydrogen-bond acceptors (Lipinski definition) is 6. The molecule has 0 aromatic heterocycles. The Morgan fingerprint density at radius 3 is 1.43 bits per heavy atom. The van der Waals surface area contributed by atoms with Crippen LogP contribution >= 0.6 is 0 Å². The maximum Gasteiger partial charge on any atom is 0.219 e. The third-order valence-corrected chi connectivity index (χ3v) is 2.94. The van der Waals surface area contributed by atoms with Gasteiger partial charge in [-0.15, -0.1) is 0 Å². The Morgan fingerprint density at radius 1 is 0.783 bits per heavy atom. The van der Waals surface area contributed by atoms with Crippen LogP contribution in [-0.4, -0.2) is 57.2 Å². The SMILES string of the molecule is CC(=O)CCOCC(C)(COCCC(N)=O)COCCC(N)=O. The number of ether oxygens (including phenoxy) is 3. The summed E-state index contributed by atoms with van der Waals surface area (Å²) >= 11 is 0. The molecule has 0 aromatic rings. The molecule has 8 heteroatoms. The van der Waals surface area contributed by atoms with Crippen molar-refractivity contribution in [2.24, 2.45) is 16.9 Å². The molecule has 0 rings (SSSR count). The minimum absolute atomic E-state index is 0.0575. The third kappa shape index (κ3) is 13.8. The summed E-state index contributed by atoms with van der Waals surface area (Å²) in [6.45, 7) is 5.10. The molecule has 0 spiro atoms. The van der Waals surface area contributed by atoms with Gasteiger partial charge in [-0.25, -0.2) is 0 Å². The number of ketones is 1. The van der Waals surface area contributed by atoms with Crippen molar-refractivity contribution in [1.82, 2.24) is 0 Å². The highest BCUT2D eigenvalue weighted by Gasteiger charge is 2.26. The molecule has 0 aliphatic heterocycles. The van der Waals surface area contributed by atoms with E-state index in [2.05, 4.69) is 0 Å². The molecule has 0 saturated heterocycles. The van der Waals surface area contributed by atoms with Gasteiger partial charge in [0.2, 0.25) is 11.8 Å². The molecule has 2 amide bonds. The molecule has 0 heterocycles. The monoisotopic (exact) mass is 332 g/mol.